The Labute approximate surface area is 120 Å². The van der Waals surface area contributed by atoms with E-state index in [1.54, 1.807) is 18.2 Å². The van der Waals surface area contributed by atoms with Crippen molar-refractivity contribution in [3.63, 3.8) is 0 Å². The summed E-state index contributed by atoms with van der Waals surface area (Å²) in [5.74, 6) is 0.642. The van der Waals surface area contributed by atoms with Crippen LogP contribution in [0.15, 0.2) is 22.7 Å². The monoisotopic (exact) mass is 325 g/mol. The van der Waals surface area contributed by atoms with Gasteiger partial charge in [0, 0.05) is 23.1 Å². The molecule has 0 spiro atoms. The van der Waals surface area contributed by atoms with E-state index in [2.05, 4.69) is 26.1 Å². The van der Waals surface area contributed by atoms with E-state index in [1.807, 2.05) is 0 Å². The van der Waals surface area contributed by atoms with Crippen LogP contribution in [-0.2, 0) is 0 Å². The van der Waals surface area contributed by atoms with Gasteiger partial charge >= 0.3 is 0 Å². The van der Waals surface area contributed by atoms with Gasteiger partial charge < -0.3 is 10.2 Å². The minimum Gasteiger partial charge on any atom is -0.375 e. The smallest absolute Gasteiger partial charge is 0.292 e. The summed E-state index contributed by atoms with van der Waals surface area (Å²) in [6.07, 6.45) is 2.39. The fraction of sp³-hybridized carbons (Fsp3) is 0.538. The van der Waals surface area contributed by atoms with Crippen LogP contribution in [-0.4, -0.2) is 35.5 Å². The van der Waals surface area contributed by atoms with Gasteiger partial charge in [-0.05, 0) is 44.0 Å². The Kier molecular flexibility index (Phi) is 3.45. The van der Waals surface area contributed by atoms with Crippen molar-refractivity contribution in [2.24, 2.45) is 5.92 Å². The van der Waals surface area contributed by atoms with E-state index < -0.39 is 0 Å². The molecule has 2 bridgehead atoms. The first-order valence-electron chi connectivity index (χ1n) is 6.56. The van der Waals surface area contributed by atoms with Gasteiger partial charge in [-0.1, -0.05) is 15.9 Å². The van der Waals surface area contributed by atoms with Crippen molar-refractivity contribution >= 4 is 27.3 Å². The van der Waals surface area contributed by atoms with Crippen molar-refractivity contribution in [1.29, 1.82) is 0 Å². The third kappa shape index (κ3) is 2.60. The fourth-order valence-electron chi connectivity index (χ4n) is 3.11. The first kappa shape index (κ1) is 12.9. The lowest BCUT2D eigenvalue weighted by molar-refractivity contribution is -0.384. The van der Waals surface area contributed by atoms with Gasteiger partial charge in [0.25, 0.3) is 5.69 Å². The van der Waals surface area contributed by atoms with Crippen LogP contribution in [0.5, 0.6) is 0 Å². The lowest BCUT2D eigenvalue weighted by Crippen LogP contribution is -2.53. The number of hydrogen-bond acceptors (Lipinski definition) is 4. The Hall–Kier alpha value is -1.14. The van der Waals surface area contributed by atoms with Crippen molar-refractivity contribution < 1.29 is 4.92 Å². The number of piperidine rings is 3. The van der Waals surface area contributed by atoms with Crippen LogP contribution >= 0.6 is 15.9 Å². The summed E-state index contributed by atoms with van der Waals surface area (Å²) in [5, 5.41) is 14.5. The Bertz CT molecular complexity index is 501. The topological polar surface area (TPSA) is 58.4 Å². The average molecular weight is 326 g/mol. The molecule has 4 rings (SSSR count). The van der Waals surface area contributed by atoms with Crippen LogP contribution in [0.25, 0.3) is 0 Å². The Morgan fingerprint density at radius 1 is 1.37 bits per heavy atom. The second kappa shape index (κ2) is 5.09. The highest BCUT2D eigenvalue weighted by Gasteiger charge is 2.34. The van der Waals surface area contributed by atoms with Gasteiger partial charge in [0.15, 0.2) is 0 Å². The average Bonchev–Trinajstić information content (AvgIpc) is 2.40. The van der Waals surface area contributed by atoms with E-state index in [9.17, 15) is 10.1 Å². The second-order valence-corrected chi connectivity index (χ2v) is 6.22. The summed E-state index contributed by atoms with van der Waals surface area (Å²) in [4.78, 5) is 13.2. The zero-order chi connectivity index (χ0) is 13.4. The molecule has 1 aromatic rings. The van der Waals surface area contributed by atoms with E-state index in [0.29, 0.717) is 17.6 Å². The first-order valence-corrected chi connectivity index (χ1v) is 7.35. The van der Waals surface area contributed by atoms with Gasteiger partial charge in [-0.2, -0.15) is 0 Å². The molecule has 3 saturated heterocycles. The van der Waals surface area contributed by atoms with Crippen molar-refractivity contribution in [3.05, 3.63) is 32.8 Å². The van der Waals surface area contributed by atoms with Gasteiger partial charge in [0.2, 0.25) is 0 Å². The number of nitro benzene ring substituents is 1. The number of halogens is 1. The number of benzene rings is 1. The molecule has 3 heterocycles. The molecule has 6 heteroatoms. The molecule has 1 unspecified atom stereocenters. The van der Waals surface area contributed by atoms with Crippen LogP contribution in [0.1, 0.15) is 12.8 Å². The number of nitro groups is 1. The summed E-state index contributed by atoms with van der Waals surface area (Å²) in [7, 11) is 0. The molecule has 0 amide bonds. The normalized spacial score (nSPS) is 29.2. The molecule has 0 aliphatic carbocycles. The van der Waals surface area contributed by atoms with E-state index in [-0.39, 0.29) is 10.6 Å². The van der Waals surface area contributed by atoms with Crippen LogP contribution in [0.4, 0.5) is 11.4 Å². The predicted molar refractivity (Wildman–Crippen MR) is 77.4 cm³/mol. The molecule has 3 fully saturated rings. The Morgan fingerprint density at radius 2 is 2.11 bits per heavy atom. The molecule has 1 aromatic carbocycles. The molecule has 0 aromatic heterocycles. The first-order chi connectivity index (χ1) is 9.13. The van der Waals surface area contributed by atoms with Crippen molar-refractivity contribution in [2.75, 3.05) is 25.0 Å². The molecule has 3 aliphatic rings. The predicted octanol–water partition coefficient (Wildman–Crippen LogP) is 2.86. The lowest BCUT2D eigenvalue weighted by Gasteiger charge is -2.45. The molecule has 102 valence electrons. The van der Waals surface area contributed by atoms with Gasteiger partial charge in [0.1, 0.15) is 5.69 Å². The SMILES string of the molecule is O=[N+]([O-])c1ccc(Br)cc1NC1CN2CCC1CC2. The highest BCUT2D eigenvalue weighted by Crippen LogP contribution is 2.33. The fourth-order valence-corrected chi connectivity index (χ4v) is 3.47. The van der Waals surface area contributed by atoms with E-state index in [0.717, 1.165) is 11.0 Å². The molecule has 19 heavy (non-hydrogen) atoms. The van der Waals surface area contributed by atoms with E-state index >= 15 is 0 Å². The minimum atomic E-state index is -0.323. The molecule has 1 N–H and O–H groups in total. The summed E-state index contributed by atoms with van der Waals surface area (Å²) in [6, 6.07) is 5.39. The molecule has 5 nitrogen and oxygen atoms in total. The second-order valence-electron chi connectivity index (χ2n) is 5.31. The molecule has 0 saturated carbocycles. The largest absolute Gasteiger partial charge is 0.375 e. The molecule has 1 atom stereocenters. The molecular formula is C13H16BrN3O2. The third-order valence-corrected chi connectivity index (χ3v) is 4.65. The van der Waals surface area contributed by atoms with E-state index in [1.165, 1.54) is 25.9 Å². The van der Waals surface area contributed by atoms with Crippen molar-refractivity contribution in [1.82, 2.24) is 4.90 Å². The summed E-state index contributed by atoms with van der Waals surface area (Å²) < 4.78 is 0.863. The van der Waals surface area contributed by atoms with Crippen molar-refractivity contribution in [2.45, 2.75) is 18.9 Å². The lowest BCUT2D eigenvalue weighted by atomic mass is 9.84. The van der Waals surface area contributed by atoms with Crippen LogP contribution in [0, 0.1) is 16.0 Å². The third-order valence-electron chi connectivity index (χ3n) is 4.15. The quantitative estimate of drug-likeness (QED) is 0.685. The maximum Gasteiger partial charge on any atom is 0.292 e. The van der Waals surface area contributed by atoms with Gasteiger partial charge in [0.05, 0.1) is 4.92 Å². The summed E-state index contributed by atoms with van der Waals surface area (Å²) >= 11 is 3.38. The molecular weight excluding hydrogens is 310 g/mol. The Balaban J connectivity index is 1.83. The van der Waals surface area contributed by atoms with Crippen LogP contribution in [0.3, 0.4) is 0 Å². The van der Waals surface area contributed by atoms with Gasteiger partial charge in [-0.25, -0.2) is 0 Å². The van der Waals surface area contributed by atoms with Gasteiger partial charge in [-0.15, -0.1) is 0 Å². The maximum atomic E-state index is 11.1. The number of fused-ring (bicyclic) bond motifs is 3. The van der Waals surface area contributed by atoms with Crippen molar-refractivity contribution in [3.8, 4) is 0 Å². The number of anilines is 1. The molecule has 0 radical (unpaired) electrons. The van der Waals surface area contributed by atoms with Crippen LogP contribution < -0.4 is 5.32 Å². The van der Waals surface area contributed by atoms with Crippen LogP contribution in [0.2, 0.25) is 0 Å². The zero-order valence-electron chi connectivity index (χ0n) is 10.5. The number of hydrogen-bond donors (Lipinski definition) is 1. The highest BCUT2D eigenvalue weighted by atomic mass is 79.9. The Morgan fingerprint density at radius 3 is 2.68 bits per heavy atom. The zero-order valence-corrected chi connectivity index (χ0v) is 12.1. The van der Waals surface area contributed by atoms with Gasteiger partial charge in [-0.3, -0.25) is 10.1 Å². The summed E-state index contributed by atoms with van der Waals surface area (Å²) in [5.41, 5.74) is 0.776. The number of rotatable bonds is 3. The van der Waals surface area contributed by atoms with E-state index in [4.69, 9.17) is 0 Å². The number of nitrogens with one attached hydrogen (secondary N) is 1. The highest BCUT2D eigenvalue weighted by molar-refractivity contribution is 9.10. The summed E-state index contributed by atoms with van der Waals surface area (Å²) in [6.45, 7) is 3.33. The minimum absolute atomic E-state index is 0.152. The molecule has 3 aliphatic heterocycles. The standard InChI is InChI=1S/C13H16BrN3O2/c14-10-1-2-13(17(18)19)11(7-10)15-12-8-16-5-3-9(12)4-6-16/h1-2,7,9,12,15H,3-6,8H2. The maximum absolute atomic E-state index is 11.1. The number of nitrogens with zero attached hydrogens (tertiary/aromatic N) is 2.